The number of ether oxygens (including phenoxy) is 1. The number of rotatable bonds is 6. The molecule has 0 spiro atoms. The van der Waals surface area contributed by atoms with Crippen molar-refractivity contribution in [2.24, 2.45) is 5.92 Å². The first kappa shape index (κ1) is 28.1. The van der Waals surface area contributed by atoms with Crippen molar-refractivity contribution in [1.29, 1.82) is 0 Å². The molecule has 0 unspecified atom stereocenters. The fourth-order valence-electron chi connectivity index (χ4n) is 4.98. The lowest BCUT2D eigenvalue weighted by Gasteiger charge is -2.31. The molecule has 12 heteroatoms. The van der Waals surface area contributed by atoms with Crippen LogP contribution in [0.25, 0.3) is 0 Å². The number of carbonyl (C=O) groups is 2. The molecule has 0 radical (unpaired) electrons. The average molecular weight is 524 g/mol. The number of urea groups is 1. The second kappa shape index (κ2) is 11.3. The zero-order valence-corrected chi connectivity index (χ0v) is 20.1. The molecule has 2 amide bonds. The van der Waals surface area contributed by atoms with Crippen LogP contribution >= 0.6 is 0 Å². The number of halogens is 6. The van der Waals surface area contributed by atoms with Gasteiger partial charge in [-0.25, -0.2) is 4.79 Å². The Bertz CT molecular complexity index is 896. The van der Waals surface area contributed by atoms with Crippen molar-refractivity contribution in [2.45, 2.75) is 82.5 Å². The molecule has 3 rings (SSSR count). The Morgan fingerprint density at radius 3 is 2.06 bits per heavy atom. The van der Waals surface area contributed by atoms with Crippen molar-refractivity contribution < 1.29 is 40.7 Å². The van der Waals surface area contributed by atoms with Gasteiger partial charge in [0.15, 0.2) is 0 Å². The minimum atomic E-state index is -4.90. The van der Waals surface area contributed by atoms with E-state index in [4.69, 9.17) is 4.74 Å². The molecule has 1 aliphatic carbocycles. The third-order valence-electron chi connectivity index (χ3n) is 6.98. The van der Waals surface area contributed by atoms with Gasteiger partial charge < -0.3 is 20.3 Å². The maximum Gasteiger partial charge on any atom is 0.416 e. The Balaban J connectivity index is 1.59. The van der Waals surface area contributed by atoms with Crippen LogP contribution in [0.15, 0.2) is 18.2 Å². The van der Waals surface area contributed by atoms with Crippen LogP contribution in [-0.2, 0) is 28.4 Å². The van der Waals surface area contributed by atoms with Gasteiger partial charge in [0.1, 0.15) is 0 Å². The number of benzene rings is 1. The highest BCUT2D eigenvalue weighted by Crippen LogP contribution is 2.36. The van der Waals surface area contributed by atoms with E-state index in [0.29, 0.717) is 50.7 Å². The summed E-state index contributed by atoms with van der Waals surface area (Å²) < 4.78 is 83.5. The second-order valence-electron chi connectivity index (χ2n) is 9.46. The molecule has 6 nitrogen and oxygen atoms in total. The van der Waals surface area contributed by atoms with Crippen molar-refractivity contribution in [3.8, 4) is 0 Å². The largest absolute Gasteiger partial charge is 0.469 e. The number of nitrogens with one attached hydrogen (secondary N) is 2. The van der Waals surface area contributed by atoms with E-state index >= 15 is 0 Å². The van der Waals surface area contributed by atoms with Gasteiger partial charge in [0.25, 0.3) is 0 Å². The number of methoxy groups -OCH3 is 1. The number of nitrogens with zero attached hydrogens (tertiary/aromatic N) is 1. The topological polar surface area (TPSA) is 70.7 Å². The maximum absolute atomic E-state index is 13.1. The van der Waals surface area contributed by atoms with Gasteiger partial charge in [-0.1, -0.05) is 6.92 Å². The van der Waals surface area contributed by atoms with Gasteiger partial charge >= 0.3 is 24.4 Å². The smallest absolute Gasteiger partial charge is 0.416 e. The number of amides is 2. The lowest BCUT2D eigenvalue weighted by molar-refractivity contribution is -0.147. The quantitative estimate of drug-likeness (QED) is 0.402. The van der Waals surface area contributed by atoms with E-state index in [1.54, 1.807) is 4.90 Å². The first-order valence-corrected chi connectivity index (χ1v) is 12.0. The van der Waals surface area contributed by atoms with Gasteiger partial charge in [-0.15, -0.1) is 0 Å². The second-order valence-corrected chi connectivity index (χ2v) is 9.46. The van der Waals surface area contributed by atoms with Gasteiger partial charge in [-0.3, -0.25) is 4.79 Å². The number of likely N-dealkylation sites (tertiary alicyclic amines) is 1. The molecule has 1 aromatic carbocycles. The molecule has 2 atom stereocenters. The van der Waals surface area contributed by atoms with E-state index in [2.05, 4.69) is 10.6 Å². The van der Waals surface area contributed by atoms with Gasteiger partial charge in [0, 0.05) is 31.2 Å². The molecule has 202 valence electrons. The third kappa shape index (κ3) is 7.04. The monoisotopic (exact) mass is 523 g/mol. The molecule has 2 fully saturated rings. The van der Waals surface area contributed by atoms with Crippen LogP contribution in [-0.4, -0.2) is 48.7 Å². The summed E-state index contributed by atoms with van der Waals surface area (Å²) in [4.78, 5) is 26.3. The van der Waals surface area contributed by atoms with Gasteiger partial charge in [-0.05, 0) is 62.3 Å². The summed E-state index contributed by atoms with van der Waals surface area (Å²) in [7, 11) is 1.35. The van der Waals surface area contributed by atoms with Crippen LogP contribution in [0.2, 0.25) is 0 Å². The maximum atomic E-state index is 13.1. The predicted molar refractivity (Wildman–Crippen MR) is 119 cm³/mol. The van der Waals surface area contributed by atoms with Gasteiger partial charge in [-0.2, -0.15) is 26.3 Å². The third-order valence-corrected chi connectivity index (χ3v) is 6.98. The van der Waals surface area contributed by atoms with Crippen LogP contribution in [0.3, 0.4) is 0 Å². The Hall–Kier alpha value is -2.50. The molecule has 1 heterocycles. The van der Waals surface area contributed by atoms with E-state index in [0.717, 1.165) is 0 Å². The molecule has 2 N–H and O–H groups in total. The van der Waals surface area contributed by atoms with Crippen LogP contribution in [0.4, 0.5) is 31.1 Å². The minimum absolute atomic E-state index is 0.0752. The van der Waals surface area contributed by atoms with Crippen molar-refractivity contribution in [2.75, 3.05) is 13.7 Å². The number of esters is 1. The molecule has 1 aromatic rings. The van der Waals surface area contributed by atoms with E-state index in [1.165, 1.54) is 7.11 Å². The van der Waals surface area contributed by atoms with Gasteiger partial charge in [0.05, 0.1) is 24.2 Å². The highest BCUT2D eigenvalue weighted by molar-refractivity contribution is 5.75. The fraction of sp³-hybridized carbons (Fsp3) is 0.667. The molecule has 1 saturated carbocycles. The first-order valence-electron chi connectivity index (χ1n) is 12.0. The van der Waals surface area contributed by atoms with Crippen molar-refractivity contribution in [1.82, 2.24) is 15.5 Å². The standard InChI is InChI=1S/C24H31F6N3O3/c1-3-20-11-19(13-33(20)22(35)32-18-6-4-15(5-7-18)21(34)36-2)31-12-14-8-16(23(25,26)27)10-17(9-14)24(28,29)30/h8-10,15,18-20,31H,3-7,11-13H2,1-2H3,(H,32,35)/t15-,18+,19-,20+/m0/s1. The summed E-state index contributed by atoms with van der Waals surface area (Å²) in [5, 5.41) is 6.03. The lowest BCUT2D eigenvalue weighted by atomic mass is 9.86. The normalized spacial score (nSPS) is 25.1. The zero-order valence-electron chi connectivity index (χ0n) is 20.1. The summed E-state index contributed by atoms with van der Waals surface area (Å²) in [5.74, 6) is -0.414. The lowest BCUT2D eigenvalue weighted by Crippen LogP contribution is -2.48. The molecule has 36 heavy (non-hydrogen) atoms. The number of alkyl halides is 6. The molecule has 1 aliphatic heterocycles. The zero-order chi connectivity index (χ0) is 26.7. The number of hydrogen-bond donors (Lipinski definition) is 2. The Morgan fingerprint density at radius 1 is 0.972 bits per heavy atom. The summed E-state index contributed by atoms with van der Waals surface area (Å²) >= 11 is 0. The molecule has 0 bridgehead atoms. The van der Waals surface area contributed by atoms with E-state index in [9.17, 15) is 35.9 Å². The summed E-state index contributed by atoms with van der Waals surface area (Å²) in [6.45, 7) is 2.01. The molecular formula is C24H31F6N3O3. The average Bonchev–Trinajstić information content (AvgIpc) is 3.25. The van der Waals surface area contributed by atoms with Crippen molar-refractivity contribution in [3.63, 3.8) is 0 Å². The molecule has 0 aromatic heterocycles. The van der Waals surface area contributed by atoms with Gasteiger partial charge in [0.2, 0.25) is 0 Å². The summed E-state index contributed by atoms with van der Waals surface area (Å²) in [6.07, 6.45) is -6.08. The highest BCUT2D eigenvalue weighted by Gasteiger charge is 2.38. The van der Waals surface area contributed by atoms with E-state index in [1.807, 2.05) is 6.92 Å². The van der Waals surface area contributed by atoms with Crippen molar-refractivity contribution >= 4 is 12.0 Å². The molecule has 1 saturated heterocycles. The van der Waals surface area contributed by atoms with E-state index < -0.39 is 23.5 Å². The number of carbonyl (C=O) groups excluding carboxylic acids is 2. The Morgan fingerprint density at radius 2 is 1.56 bits per heavy atom. The summed E-state index contributed by atoms with van der Waals surface area (Å²) in [6, 6.07) is 0.810. The fourth-order valence-corrected chi connectivity index (χ4v) is 4.98. The predicted octanol–water partition coefficient (Wildman–Crippen LogP) is 5.11. The SMILES string of the molecule is CC[C@@H]1C[C@H](NCc2cc(C(F)(F)F)cc(C(F)(F)F)c2)CN1C(=O)N[C@H]1CC[C@@H](C(=O)OC)CC1. The molecule has 2 aliphatic rings. The van der Waals surface area contributed by atoms with Crippen LogP contribution in [0.5, 0.6) is 0 Å². The Labute approximate surface area is 205 Å². The summed E-state index contributed by atoms with van der Waals surface area (Å²) in [5.41, 5.74) is -2.83. The van der Waals surface area contributed by atoms with E-state index in [-0.39, 0.29) is 60.8 Å². The van der Waals surface area contributed by atoms with Crippen molar-refractivity contribution in [3.05, 3.63) is 34.9 Å². The first-order chi connectivity index (χ1) is 16.8. The van der Waals surface area contributed by atoms with Crippen LogP contribution in [0, 0.1) is 5.92 Å². The van der Waals surface area contributed by atoms with Crippen LogP contribution in [0.1, 0.15) is 62.1 Å². The van der Waals surface area contributed by atoms with Crippen LogP contribution < -0.4 is 10.6 Å². The molecular weight excluding hydrogens is 492 g/mol. The minimum Gasteiger partial charge on any atom is -0.469 e. The number of hydrogen-bond acceptors (Lipinski definition) is 4. The Kier molecular flexibility index (Phi) is 8.79. The highest BCUT2D eigenvalue weighted by atomic mass is 19.4.